The van der Waals surface area contributed by atoms with Gasteiger partial charge in [0.2, 0.25) is 0 Å². The fraction of sp³-hybridized carbons (Fsp3) is 0.0909. The molecule has 3 aromatic rings. The second kappa shape index (κ2) is 8.26. The predicted octanol–water partition coefficient (Wildman–Crippen LogP) is 5.25. The maximum atomic E-state index is 13.9. The molecule has 0 saturated carbocycles. The van der Waals surface area contributed by atoms with Crippen LogP contribution >= 0.6 is 0 Å². The van der Waals surface area contributed by atoms with Gasteiger partial charge in [0.05, 0.1) is 11.1 Å². The van der Waals surface area contributed by atoms with E-state index in [0.717, 1.165) is 23.5 Å². The zero-order valence-electron chi connectivity index (χ0n) is 15.0. The quantitative estimate of drug-likeness (QED) is 0.469. The Balaban J connectivity index is 1.73. The number of amides is 1. The Bertz CT molecular complexity index is 1060. The van der Waals surface area contributed by atoms with Gasteiger partial charge in [-0.1, -0.05) is 36.4 Å². The van der Waals surface area contributed by atoms with Crippen LogP contribution in [-0.4, -0.2) is 12.2 Å². The molecule has 0 saturated heterocycles. The summed E-state index contributed by atoms with van der Waals surface area (Å²) in [5, 5.41) is 2.50. The monoisotopic (exact) mass is 401 g/mol. The molecule has 0 bridgehead atoms. The molecule has 0 aromatic heterocycles. The molecule has 3 aromatic carbocycles. The van der Waals surface area contributed by atoms with E-state index in [9.17, 15) is 27.2 Å². The van der Waals surface area contributed by atoms with Crippen LogP contribution in [0.3, 0.4) is 0 Å². The normalized spacial score (nSPS) is 11.2. The minimum absolute atomic E-state index is 0.0561. The minimum atomic E-state index is -4.68. The number of hydrogen-bond acceptors (Lipinski definition) is 2. The van der Waals surface area contributed by atoms with Crippen molar-refractivity contribution in [3.63, 3.8) is 0 Å². The first-order valence-corrected chi connectivity index (χ1v) is 8.57. The molecule has 0 atom stereocenters. The molecule has 0 aliphatic heterocycles. The lowest BCUT2D eigenvalue weighted by molar-refractivity contribution is -0.137. The second-order valence-corrected chi connectivity index (χ2v) is 6.32. The number of halogens is 4. The number of benzene rings is 3. The Morgan fingerprint density at radius 3 is 2.28 bits per heavy atom. The first-order valence-electron chi connectivity index (χ1n) is 8.57. The Morgan fingerprint density at radius 2 is 1.62 bits per heavy atom. The zero-order chi connectivity index (χ0) is 21.0. The van der Waals surface area contributed by atoms with Gasteiger partial charge in [0.1, 0.15) is 12.1 Å². The van der Waals surface area contributed by atoms with Crippen molar-refractivity contribution in [1.29, 1.82) is 0 Å². The van der Waals surface area contributed by atoms with Gasteiger partial charge in [-0.05, 0) is 47.0 Å². The average Bonchev–Trinajstić information content (AvgIpc) is 2.71. The van der Waals surface area contributed by atoms with E-state index in [1.165, 1.54) is 0 Å². The predicted molar refractivity (Wildman–Crippen MR) is 99.8 cm³/mol. The van der Waals surface area contributed by atoms with Crippen molar-refractivity contribution in [3.8, 4) is 11.1 Å². The van der Waals surface area contributed by atoms with Crippen LogP contribution in [0, 0.1) is 5.82 Å². The van der Waals surface area contributed by atoms with E-state index >= 15 is 0 Å². The fourth-order valence-corrected chi connectivity index (χ4v) is 2.81. The van der Waals surface area contributed by atoms with Crippen LogP contribution < -0.4 is 5.32 Å². The van der Waals surface area contributed by atoms with Crippen molar-refractivity contribution in [2.45, 2.75) is 12.7 Å². The van der Waals surface area contributed by atoms with Gasteiger partial charge in [-0.3, -0.25) is 9.59 Å². The van der Waals surface area contributed by atoms with Crippen LogP contribution in [0.2, 0.25) is 0 Å². The third-order valence-electron chi connectivity index (χ3n) is 4.28. The van der Waals surface area contributed by atoms with Gasteiger partial charge in [-0.25, -0.2) is 4.39 Å². The summed E-state index contributed by atoms with van der Waals surface area (Å²) in [4.78, 5) is 23.1. The van der Waals surface area contributed by atoms with Crippen molar-refractivity contribution in [2.75, 3.05) is 0 Å². The Kier molecular flexibility index (Phi) is 5.77. The highest BCUT2D eigenvalue weighted by molar-refractivity contribution is 5.94. The van der Waals surface area contributed by atoms with Crippen molar-refractivity contribution in [3.05, 3.63) is 94.8 Å². The standard InChI is InChI=1S/C22H15F4NO2/c23-20-11-18(22(24,25)26)7-8-19(20)21(29)27-12-14-3-1-5-16(9-14)17-6-2-4-15(10-17)13-28/h1-11,13H,12H2,(H,27,29). The van der Waals surface area contributed by atoms with Crippen molar-refractivity contribution < 1.29 is 27.2 Å². The molecule has 0 aliphatic carbocycles. The van der Waals surface area contributed by atoms with Crippen LogP contribution in [0.15, 0.2) is 66.7 Å². The third kappa shape index (κ3) is 4.87. The molecule has 29 heavy (non-hydrogen) atoms. The van der Waals surface area contributed by atoms with E-state index in [-0.39, 0.29) is 6.54 Å². The summed E-state index contributed by atoms with van der Waals surface area (Å²) in [7, 11) is 0. The lowest BCUT2D eigenvalue weighted by Gasteiger charge is -2.10. The zero-order valence-corrected chi connectivity index (χ0v) is 15.0. The lowest BCUT2D eigenvalue weighted by Crippen LogP contribution is -2.24. The summed E-state index contributed by atoms with van der Waals surface area (Å²) in [6.07, 6.45) is -3.94. The summed E-state index contributed by atoms with van der Waals surface area (Å²) in [6.45, 7) is 0.0561. The van der Waals surface area contributed by atoms with Gasteiger partial charge in [0.25, 0.3) is 5.91 Å². The number of carbonyl (C=O) groups excluding carboxylic acids is 2. The highest BCUT2D eigenvalue weighted by Crippen LogP contribution is 2.30. The summed E-state index contributed by atoms with van der Waals surface area (Å²) in [5.74, 6) is -2.05. The van der Waals surface area contributed by atoms with Crippen LogP contribution in [0.25, 0.3) is 11.1 Å². The molecular weight excluding hydrogens is 386 g/mol. The molecule has 1 N–H and O–H groups in total. The summed E-state index contributed by atoms with van der Waals surface area (Å²) in [6, 6.07) is 15.9. The maximum Gasteiger partial charge on any atom is 0.416 e. The molecule has 0 heterocycles. The topological polar surface area (TPSA) is 46.2 Å². The van der Waals surface area contributed by atoms with Gasteiger partial charge in [0, 0.05) is 12.1 Å². The fourth-order valence-electron chi connectivity index (χ4n) is 2.81. The number of rotatable bonds is 5. The van der Waals surface area contributed by atoms with Crippen LogP contribution in [0.4, 0.5) is 17.6 Å². The average molecular weight is 401 g/mol. The molecule has 0 aliphatic rings. The van der Waals surface area contributed by atoms with Gasteiger partial charge in [0.15, 0.2) is 0 Å². The van der Waals surface area contributed by atoms with E-state index in [2.05, 4.69) is 5.32 Å². The summed E-state index contributed by atoms with van der Waals surface area (Å²) >= 11 is 0. The van der Waals surface area contributed by atoms with Crippen LogP contribution in [0.1, 0.15) is 31.8 Å². The van der Waals surface area contributed by atoms with Gasteiger partial charge >= 0.3 is 6.18 Å². The number of hydrogen-bond donors (Lipinski definition) is 1. The second-order valence-electron chi connectivity index (χ2n) is 6.32. The van der Waals surface area contributed by atoms with E-state index < -0.39 is 29.0 Å². The molecule has 3 nitrogen and oxygen atoms in total. The Morgan fingerprint density at radius 1 is 0.931 bits per heavy atom. The summed E-state index contributed by atoms with van der Waals surface area (Å²) < 4.78 is 51.8. The van der Waals surface area contributed by atoms with E-state index in [1.54, 1.807) is 36.4 Å². The molecule has 0 radical (unpaired) electrons. The molecule has 7 heteroatoms. The lowest BCUT2D eigenvalue weighted by atomic mass is 10.0. The number of alkyl halides is 3. The van der Waals surface area contributed by atoms with Crippen LogP contribution in [0.5, 0.6) is 0 Å². The molecule has 3 rings (SSSR count). The number of nitrogens with one attached hydrogen (secondary N) is 1. The molecule has 0 fully saturated rings. The maximum absolute atomic E-state index is 13.9. The van der Waals surface area contributed by atoms with Gasteiger partial charge in [-0.15, -0.1) is 0 Å². The van der Waals surface area contributed by atoms with Crippen molar-refractivity contribution >= 4 is 12.2 Å². The van der Waals surface area contributed by atoms with E-state index in [0.29, 0.717) is 23.3 Å². The molecule has 1 amide bonds. The van der Waals surface area contributed by atoms with Gasteiger partial charge in [-0.2, -0.15) is 13.2 Å². The van der Waals surface area contributed by atoms with Crippen molar-refractivity contribution in [2.24, 2.45) is 0 Å². The van der Waals surface area contributed by atoms with Gasteiger partial charge < -0.3 is 5.32 Å². The molecule has 0 unspecified atom stereocenters. The smallest absolute Gasteiger partial charge is 0.348 e. The largest absolute Gasteiger partial charge is 0.416 e. The first-order chi connectivity index (χ1) is 13.8. The SMILES string of the molecule is O=Cc1cccc(-c2cccc(CNC(=O)c3ccc(C(F)(F)F)cc3F)c2)c1. The van der Waals surface area contributed by atoms with Crippen LogP contribution in [-0.2, 0) is 12.7 Å². The first kappa shape index (κ1) is 20.3. The van der Waals surface area contributed by atoms with E-state index in [4.69, 9.17) is 0 Å². The van der Waals surface area contributed by atoms with E-state index in [1.807, 2.05) is 12.1 Å². The number of carbonyl (C=O) groups is 2. The minimum Gasteiger partial charge on any atom is -0.348 e. The molecular formula is C22H15F4NO2. The molecule has 0 spiro atoms. The highest BCUT2D eigenvalue weighted by atomic mass is 19.4. The third-order valence-corrected chi connectivity index (χ3v) is 4.28. The molecule has 148 valence electrons. The number of aldehydes is 1. The Hall–Kier alpha value is -3.48. The highest BCUT2D eigenvalue weighted by Gasteiger charge is 2.31. The van der Waals surface area contributed by atoms with Crippen molar-refractivity contribution in [1.82, 2.24) is 5.32 Å². The summed E-state index contributed by atoms with van der Waals surface area (Å²) in [5.41, 5.74) is 1.25. The Labute approximate surface area is 164 Å².